The van der Waals surface area contributed by atoms with E-state index < -0.39 is 18.0 Å². The van der Waals surface area contributed by atoms with Crippen LogP contribution in [-0.2, 0) is 28.5 Å². The van der Waals surface area contributed by atoms with Gasteiger partial charge >= 0.3 is 11.9 Å². The number of ether oxygens (including phenoxy) is 4. The van der Waals surface area contributed by atoms with Crippen molar-refractivity contribution in [2.75, 3.05) is 40.6 Å². The molecule has 1 atom stereocenters. The molecule has 0 aromatic rings. The Hall–Kier alpha value is -1.18. The predicted octanol–water partition coefficient (Wildman–Crippen LogP) is 0.677. The van der Waals surface area contributed by atoms with Crippen molar-refractivity contribution in [1.82, 2.24) is 0 Å². The molecule has 7 heteroatoms. The fourth-order valence-electron chi connectivity index (χ4n) is 1.45. The molecular weight excluding hydrogens is 280 g/mol. The van der Waals surface area contributed by atoms with E-state index in [1.807, 2.05) is 0 Å². The predicted molar refractivity (Wildman–Crippen MR) is 74.8 cm³/mol. The second-order valence-electron chi connectivity index (χ2n) is 4.51. The quantitative estimate of drug-likeness (QED) is 0.395. The van der Waals surface area contributed by atoms with Gasteiger partial charge in [-0.25, -0.2) is 4.79 Å². The number of methoxy groups -OCH3 is 2. The van der Waals surface area contributed by atoms with Gasteiger partial charge in [0.1, 0.15) is 0 Å². The molecule has 0 aromatic carbocycles. The zero-order chi connectivity index (χ0) is 15.9. The van der Waals surface area contributed by atoms with Crippen molar-refractivity contribution in [2.45, 2.75) is 38.2 Å². The number of esters is 2. The molecule has 0 amide bonds. The minimum absolute atomic E-state index is 0.200. The topological polar surface area (TPSA) is 91.3 Å². The first-order valence-corrected chi connectivity index (χ1v) is 7.10. The van der Waals surface area contributed by atoms with Gasteiger partial charge in [-0.2, -0.15) is 0 Å². The van der Waals surface area contributed by atoms with Gasteiger partial charge in [0.05, 0.1) is 19.6 Å². The van der Waals surface area contributed by atoms with Crippen LogP contribution in [0.2, 0.25) is 0 Å². The lowest BCUT2D eigenvalue weighted by Gasteiger charge is -2.10. The second kappa shape index (κ2) is 13.8. The zero-order valence-electron chi connectivity index (χ0n) is 12.8. The van der Waals surface area contributed by atoms with Crippen molar-refractivity contribution < 1.29 is 33.6 Å². The first kappa shape index (κ1) is 19.8. The van der Waals surface area contributed by atoms with Gasteiger partial charge in [0.15, 0.2) is 6.10 Å². The van der Waals surface area contributed by atoms with E-state index in [0.29, 0.717) is 26.1 Å². The Bertz CT molecular complexity index is 280. The van der Waals surface area contributed by atoms with Crippen molar-refractivity contribution in [3.8, 4) is 0 Å². The van der Waals surface area contributed by atoms with Crippen LogP contribution in [0.3, 0.4) is 0 Å². The Morgan fingerprint density at radius 3 is 1.86 bits per heavy atom. The maximum Gasteiger partial charge on any atom is 0.335 e. The van der Waals surface area contributed by atoms with Crippen LogP contribution in [0.5, 0.6) is 0 Å². The van der Waals surface area contributed by atoms with Gasteiger partial charge in [0, 0.05) is 27.4 Å². The van der Waals surface area contributed by atoms with E-state index in [0.717, 1.165) is 12.8 Å². The van der Waals surface area contributed by atoms with Crippen LogP contribution >= 0.6 is 0 Å². The van der Waals surface area contributed by atoms with Crippen LogP contribution in [0.1, 0.15) is 32.1 Å². The number of carbonyl (C=O) groups excluding carboxylic acids is 2. The van der Waals surface area contributed by atoms with Crippen molar-refractivity contribution in [3.05, 3.63) is 0 Å². The molecule has 0 aliphatic heterocycles. The van der Waals surface area contributed by atoms with Crippen molar-refractivity contribution in [2.24, 2.45) is 0 Å². The van der Waals surface area contributed by atoms with Crippen LogP contribution in [0.25, 0.3) is 0 Å². The van der Waals surface area contributed by atoms with Crippen molar-refractivity contribution in [1.29, 1.82) is 0 Å². The lowest BCUT2D eigenvalue weighted by atomic mass is 10.2. The highest BCUT2D eigenvalue weighted by molar-refractivity contribution is 5.81. The average Bonchev–Trinajstić information content (AvgIpc) is 2.46. The van der Waals surface area contributed by atoms with E-state index in [9.17, 15) is 14.7 Å². The summed E-state index contributed by atoms with van der Waals surface area (Å²) >= 11 is 0. The summed E-state index contributed by atoms with van der Waals surface area (Å²) < 4.78 is 19.4. The summed E-state index contributed by atoms with van der Waals surface area (Å²) in [5.74, 6) is -1.42. The summed E-state index contributed by atoms with van der Waals surface area (Å²) in [5, 5.41) is 9.51. The van der Waals surface area contributed by atoms with Gasteiger partial charge in [-0.15, -0.1) is 0 Å². The molecule has 7 nitrogen and oxygen atoms in total. The minimum atomic E-state index is -1.47. The first-order chi connectivity index (χ1) is 10.1. The summed E-state index contributed by atoms with van der Waals surface area (Å²) in [6.07, 6.45) is 1.02. The first-order valence-electron chi connectivity index (χ1n) is 7.10. The number of rotatable bonds is 13. The molecule has 0 saturated carbocycles. The molecule has 0 aliphatic rings. The Morgan fingerprint density at radius 2 is 1.33 bits per heavy atom. The molecule has 124 valence electrons. The standard InChI is InChI=1S/C14H26O7/c1-18-7-3-5-9-20-13(16)11-12(15)14(17)21-10-6-4-8-19-2/h12,15H,3-11H2,1-2H3. The third kappa shape index (κ3) is 12.3. The van der Waals surface area contributed by atoms with E-state index in [1.165, 1.54) is 0 Å². The molecule has 1 unspecified atom stereocenters. The van der Waals surface area contributed by atoms with E-state index in [2.05, 4.69) is 0 Å². The maximum absolute atomic E-state index is 11.4. The van der Waals surface area contributed by atoms with Crippen LogP contribution in [0.4, 0.5) is 0 Å². The monoisotopic (exact) mass is 306 g/mol. The summed E-state index contributed by atoms with van der Waals surface area (Å²) in [7, 11) is 3.19. The summed E-state index contributed by atoms with van der Waals surface area (Å²) in [6.45, 7) is 1.65. The van der Waals surface area contributed by atoms with Gasteiger partial charge in [0.25, 0.3) is 0 Å². The molecule has 0 rings (SSSR count). The van der Waals surface area contributed by atoms with E-state index in [1.54, 1.807) is 14.2 Å². The van der Waals surface area contributed by atoms with Gasteiger partial charge < -0.3 is 24.1 Å². The number of aliphatic hydroxyl groups excluding tert-OH is 1. The van der Waals surface area contributed by atoms with Crippen LogP contribution in [0.15, 0.2) is 0 Å². The third-order valence-electron chi connectivity index (χ3n) is 2.63. The fraction of sp³-hybridized carbons (Fsp3) is 0.857. The molecule has 0 bridgehead atoms. The highest BCUT2D eigenvalue weighted by Gasteiger charge is 2.21. The lowest BCUT2D eigenvalue weighted by molar-refractivity contribution is -0.160. The zero-order valence-corrected chi connectivity index (χ0v) is 12.8. The van der Waals surface area contributed by atoms with Crippen molar-refractivity contribution in [3.63, 3.8) is 0 Å². The van der Waals surface area contributed by atoms with Gasteiger partial charge in [-0.05, 0) is 25.7 Å². The molecular formula is C14H26O7. The van der Waals surface area contributed by atoms with Crippen LogP contribution in [-0.4, -0.2) is 63.8 Å². The van der Waals surface area contributed by atoms with Gasteiger partial charge in [-0.1, -0.05) is 0 Å². The number of carbonyl (C=O) groups is 2. The Labute approximate surface area is 125 Å². The molecule has 0 aromatic heterocycles. The SMILES string of the molecule is COCCCCOC(=O)CC(O)C(=O)OCCCCOC. The molecule has 0 spiro atoms. The number of aliphatic hydroxyl groups is 1. The van der Waals surface area contributed by atoms with Gasteiger partial charge in [0.2, 0.25) is 0 Å². The smallest absolute Gasteiger partial charge is 0.335 e. The number of unbranched alkanes of at least 4 members (excludes halogenated alkanes) is 2. The third-order valence-corrected chi connectivity index (χ3v) is 2.63. The highest BCUT2D eigenvalue weighted by Crippen LogP contribution is 2.01. The maximum atomic E-state index is 11.4. The Balaban J connectivity index is 3.62. The number of hydrogen-bond donors (Lipinski definition) is 1. The highest BCUT2D eigenvalue weighted by atomic mass is 16.6. The van der Waals surface area contributed by atoms with Gasteiger partial charge in [-0.3, -0.25) is 4.79 Å². The molecule has 21 heavy (non-hydrogen) atoms. The van der Waals surface area contributed by atoms with Crippen LogP contribution < -0.4 is 0 Å². The second-order valence-corrected chi connectivity index (χ2v) is 4.51. The molecule has 0 radical (unpaired) electrons. The average molecular weight is 306 g/mol. The largest absolute Gasteiger partial charge is 0.466 e. The Morgan fingerprint density at radius 1 is 0.857 bits per heavy atom. The normalized spacial score (nSPS) is 12.0. The molecule has 1 N–H and O–H groups in total. The lowest BCUT2D eigenvalue weighted by Crippen LogP contribution is -2.27. The molecule has 0 fully saturated rings. The van der Waals surface area contributed by atoms with E-state index >= 15 is 0 Å². The molecule has 0 saturated heterocycles. The Kier molecular flexibility index (Phi) is 13.0. The fourth-order valence-corrected chi connectivity index (χ4v) is 1.45. The van der Waals surface area contributed by atoms with E-state index in [4.69, 9.17) is 18.9 Å². The van der Waals surface area contributed by atoms with Crippen molar-refractivity contribution >= 4 is 11.9 Å². The van der Waals surface area contributed by atoms with E-state index in [-0.39, 0.29) is 19.6 Å². The molecule has 0 heterocycles. The summed E-state index contributed by atoms with van der Waals surface area (Å²) in [5.41, 5.74) is 0. The summed E-state index contributed by atoms with van der Waals surface area (Å²) in [4.78, 5) is 22.8. The van der Waals surface area contributed by atoms with Crippen LogP contribution in [0, 0.1) is 0 Å². The molecule has 0 aliphatic carbocycles. The minimum Gasteiger partial charge on any atom is -0.466 e. The summed E-state index contributed by atoms with van der Waals surface area (Å²) in [6, 6.07) is 0. The number of hydrogen-bond acceptors (Lipinski definition) is 7.